The number of carbonyl (C=O) groups is 1. The number of aromatic nitrogens is 1. The first-order chi connectivity index (χ1) is 8.66. The molecule has 0 atom stereocenters. The topological polar surface area (TPSA) is 34.0 Å². The first-order valence-electron chi connectivity index (χ1n) is 5.51. The zero-order valence-electron chi connectivity index (χ0n) is 9.57. The summed E-state index contributed by atoms with van der Waals surface area (Å²) >= 11 is 1.96. The summed E-state index contributed by atoms with van der Waals surface area (Å²) in [7, 11) is 0. The Bertz CT molecular complexity index is 540. The van der Waals surface area contributed by atoms with E-state index >= 15 is 0 Å². The number of amides is 1. The number of rotatable bonds is 4. The highest BCUT2D eigenvalue weighted by molar-refractivity contribution is 14.1. The molecule has 0 aliphatic rings. The summed E-state index contributed by atoms with van der Waals surface area (Å²) in [5.74, 6) is -0.505. The molecule has 0 spiro atoms. The predicted molar refractivity (Wildman–Crippen MR) is 75.9 cm³/mol. The lowest BCUT2D eigenvalue weighted by atomic mass is 10.2. The van der Waals surface area contributed by atoms with Gasteiger partial charge in [0.25, 0.3) is 5.91 Å². The third-order valence-electron chi connectivity index (χ3n) is 2.50. The standard InChI is InChI=1S/C13H12FIN2O/c14-10-3-4-11(12(15)9-10)13(18)16-5-8-17-6-1-2-7-17/h1-4,6-7,9H,5,8H2,(H,16,18). The number of nitrogens with zero attached hydrogens (tertiary/aromatic N) is 1. The van der Waals surface area contributed by atoms with Crippen molar-refractivity contribution >= 4 is 28.5 Å². The average molecular weight is 358 g/mol. The van der Waals surface area contributed by atoms with Crippen molar-refractivity contribution in [2.75, 3.05) is 6.54 Å². The Labute approximate surface area is 118 Å². The molecular formula is C13H12FIN2O. The second kappa shape index (κ2) is 5.99. The van der Waals surface area contributed by atoms with Crippen molar-refractivity contribution in [3.8, 4) is 0 Å². The van der Waals surface area contributed by atoms with Gasteiger partial charge in [0.2, 0.25) is 0 Å². The lowest BCUT2D eigenvalue weighted by Crippen LogP contribution is -2.27. The third kappa shape index (κ3) is 3.32. The quantitative estimate of drug-likeness (QED) is 0.838. The molecule has 1 N–H and O–H groups in total. The average Bonchev–Trinajstić information content (AvgIpc) is 2.81. The predicted octanol–water partition coefficient (Wildman–Crippen LogP) is 2.66. The second-order valence-corrected chi connectivity index (χ2v) is 4.96. The van der Waals surface area contributed by atoms with Gasteiger partial charge in [0, 0.05) is 29.1 Å². The van der Waals surface area contributed by atoms with E-state index in [1.807, 2.05) is 51.7 Å². The van der Waals surface area contributed by atoms with Gasteiger partial charge in [-0.1, -0.05) is 0 Å². The molecule has 2 rings (SSSR count). The molecule has 0 aliphatic heterocycles. The van der Waals surface area contributed by atoms with E-state index in [1.165, 1.54) is 18.2 Å². The van der Waals surface area contributed by atoms with Gasteiger partial charge in [-0.05, 0) is 52.9 Å². The van der Waals surface area contributed by atoms with Crippen LogP contribution in [0.4, 0.5) is 4.39 Å². The molecule has 5 heteroatoms. The maximum absolute atomic E-state index is 12.9. The van der Waals surface area contributed by atoms with Crippen LogP contribution in [-0.2, 0) is 6.54 Å². The van der Waals surface area contributed by atoms with E-state index in [2.05, 4.69) is 5.32 Å². The Morgan fingerprint density at radius 3 is 2.72 bits per heavy atom. The van der Waals surface area contributed by atoms with Gasteiger partial charge in [-0.15, -0.1) is 0 Å². The van der Waals surface area contributed by atoms with Gasteiger partial charge >= 0.3 is 0 Å². The van der Waals surface area contributed by atoms with Crippen LogP contribution in [0.2, 0.25) is 0 Å². The lowest BCUT2D eigenvalue weighted by molar-refractivity contribution is 0.0951. The van der Waals surface area contributed by atoms with Crippen molar-refractivity contribution in [3.63, 3.8) is 0 Å². The molecule has 1 amide bonds. The maximum Gasteiger partial charge on any atom is 0.252 e. The van der Waals surface area contributed by atoms with Crippen molar-refractivity contribution in [1.29, 1.82) is 0 Å². The summed E-state index contributed by atoms with van der Waals surface area (Å²) in [5.41, 5.74) is 0.504. The van der Waals surface area contributed by atoms with E-state index in [-0.39, 0.29) is 11.7 Å². The molecule has 1 aromatic heterocycles. The van der Waals surface area contributed by atoms with Crippen molar-refractivity contribution in [2.24, 2.45) is 0 Å². The second-order valence-electron chi connectivity index (χ2n) is 3.80. The number of carbonyl (C=O) groups excluding carboxylic acids is 1. The fourth-order valence-electron chi connectivity index (χ4n) is 1.59. The third-order valence-corrected chi connectivity index (χ3v) is 3.39. The van der Waals surface area contributed by atoms with Gasteiger partial charge in [-0.25, -0.2) is 4.39 Å². The van der Waals surface area contributed by atoms with Crippen molar-refractivity contribution < 1.29 is 9.18 Å². The molecule has 2 aromatic rings. The van der Waals surface area contributed by atoms with Crippen LogP contribution in [0.5, 0.6) is 0 Å². The van der Waals surface area contributed by atoms with E-state index in [0.29, 0.717) is 15.7 Å². The largest absolute Gasteiger partial charge is 0.353 e. The minimum Gasteiger partial charge on any atom is -0.353 e. The fraction of sp³-hybridized carbons (Fsp3) is 0.154. The van der Waals surface area contributed by atoms with Crippen LogP contribution in [-0.4, -0.2) is 17.0 Å². The smallest absolute Gasteiger partial charge is 0.252 e. The lowest BCUT2D eigenvalue weighted by Gasteiger charge is -2.07. The van der Waals surface area contributed by atoms with Crippen molar-refractivity contribution in [1.82, 2.24) is 9.88 Å². The highest BCUT2D eigenvalue weighted by Crippen LogP contribution is 2.13. The highest BCUT2D eigenvalue weighted by Gasteiger charge is 2.09. The van der Waals surface area contributed by atoms with Crippen molar-refractivity contribution in [3.05, 3.63) is 57.7 Å². The molecule has 0 aliphatic carbocycles. The van der Waals surface area contributed by atoms with Crippen LogP contribution in [0.25, 0.3) is 0 Å². The fourth-order valence-corrected chi connectivity index (χ4v) is 2.31. The van der Waals surface area contributed by atoms with Crippen LogP contribution >= 0.6 is 22.6 Å². The van der Waals surface area contributed by atoms with Crippen LogP contribution in [0, 0.1) is 9.39 Å². The normalized spacial score (nSPS) is 10.3. The maximum atomic E-state index is 12.9. The Kier molecular flexibility index (Phi) is 4.35. The first kappa shape index (κ1) is 13.1. The number of benzene rings is 1. The van der Waals surface area contributed by atoms with Gasteiger partial charge in [0.05, 0.1) is 5.56 Å². The van der Waals surface area contributed by atoms with E-state index < -0.39 is 0 Å². The summed E-state index contributed by atoms with van der Waals surface area (Å²) in [6.07, 6.45) is 3.88. The number of hydrogen-bond donors (Lipinski definition) is 1. The Hall–Kier alpha value is -1.37. The summed E-state index contributed by atoms with van der Waals surface area (Å²) in [6.45, 7) is 1.26. The van der Waals surface area contributed by atoms with Gasteiger partial charge in [-0.2, -0.15) is 0 Å². The van der Waals surface area contributed by atoms with Crippen LogP contribution in [0.15, 0.2) is 42.7 Å². The Morgan fingerprint density at radius 2 is 2.06 bits per heavy atom. The molecule has 3 nitrogen and oxygen atoms in total. The minimum absolute atomic E-state index is 0.174. The summed E-state index contributed by atoms with van der Waals surface area (Å²) in [4.78, 5) is 11.9. The zero-order chi connectivity index (χ0) is 13.0. The summed E-state index contributed by atoms with van der Waals surface area (Å²) in [6, 6.07) is 8.02. The molecule has 0 fully saturated rings. The molecule has 0 radical (unpaired) electrons. The molecule has 0 saturated heterocycles. The van der Waals surface area contributed by atoms with Crippen LogP contribution < -0.4 is 5.32 Å². The van der Waals surface area contributed by atoms with E-state index in [9.17, 15) is 9.18 Å². The van der Waals surface area contributed by atoms with E-state index in [4.69, 9.17) is 0 Å². The number of halogens is 2. The Morgan fingerprint density at radius 1 is 1.33 bits per heavy atom. The molecule has 1 aromatic carbocycles. The molecule has 18 heavy (non-hydrogen) atoms. The summed E-state index contributed by atoms with van der Waals surface area (Å²) in [5, 5.41) is 2.81. The van der Waals surface area contributed by atoms with Gasteiger partial charge in [-0.3, -0.25) is 4.79 Å². The SMILES string of the molecule is O=C(NCCn1cccc1)c1ccc(F)cc1I. The molecular weight excluding hydrogens is 346 g/mol. The van der Waals surface area contributed by atoms with Crippen LogP contribution in [0.3, 0.4) is 0 Å². The minimum atomic E-state index is -0.330. The van der Waals surface area contributed by atoms with Gasteiger partial charge in [0.15, 0.2) is 0 Å². The van der Waals surface area contributed by atoms with E-state index in [0.717, 1.165) is 6.54 Å². The number of hydrogen-bond acceptors (Lipinski definition) is 1. The molecule has 1 heterocycles. The van der Waals surface area contributed by atoms with Gasteiger partial charge < -0.3 is 9.88 Å². The monoisotopic (exact) mass is 358 g/mol. The summed E-state index contributed by atoms with van der Waals surface area (Å²) < 4.78 is 15.5. The molecule has 0 unspecified atom stereocenters. The zero-order valence-corrected chi connectivity index (χ0v) is 11.7. The van der Waals surface area contributed by atoms with Gasteiger partial charge in [0.1, 0.15) is 5.82 Å². The first-order valence-corrected chi connectivity index (χ1v) is 6.59. The van der Waals surface area contributed by atoms with E-state index in [1.54, 1.807) is 0 Å². The molecule has 0 saturated carbocycles. The highest BCUT2D eigenvalue weighted by atomic mass is 127. The van der Waals surface area contributed by atoms with Crippen molar-refractivity contribution in [2.45, 2.75) is 6.54 Å². The number of nitrogens with one attached hydrogen (secondary N) is 1. The van der Waals surface area contributed by atoms with Crippen LogP contribution in [0.1, 0.15) is 10.4 Å². The Balaban J connectivity index is 1.91. The molecule has 94 valence electrons. The molecule has 0 bridgehead atoms.